The first kappa shape index (κ1) is 15.1. The molecular weight excluding hydrogens is 322 g/mol. The standard InChI is InChI=1S/C18H17N3O2S/c22-18(20-17-19-14-8-4-5-9-16(14)24-17)21-10-11-23-15(12-21)13-6-2-1-3-7-13/h1-9,15H,10-12H2,(H,19,20,22)/t15-/m0/s1. The lowest BCUT2D eigenvalue weighted by Crippen LogP contribution is -2.44. The number of ether oxygens (including phenoxy) is 1. The van der Waals surface area contributed by atoms with Gasteiger partial charge >= 0.3 is 6.03 Å². The summed E-state index contributed by atoms with van der Waals surface area (Å²) >= 11 is 1.49. The molecule has 1 saturated heterocycles. The lowest BCUT2D eigenvalue weighted by Gasteiger charge is -2.32. The van der Waals surface area contributed by atoms with Crippen LogP contribution in [0, 0.1) is 0 Å². The van der Waals surface area contributed by atoms with Gasteiger partial charge in [-0.25, -0.2) is 9.78 Å². The number of nitrogens with one attached hydrogen (secondary N) is 1. The second-order valence-electron chi connectivity index (χ2n) is 5.63. The maximum atomic E-state index is 12.5. The van der Waals surface area contributed by atoms with E-state index in [1.54, 1.807) is 4.90 Å². The van der Waals surface area contributed by atoms with Crippen molar-refractivity contribution in [2.45, 2.75) is 6.10 Å². The number of aromatic nitrogens is 1. The van der Waals surface area contributed by atoms with E-state index in [0.29, 0.717) is 24.8 Å². The van der Waals surface area contributed by atoms with Gasteiger partial charge in [-0.15, -0.1) is 0 Å². The van der Waals surface area contributed by atoms with Gasteiger partial charge in [-0.1, -0.05) is 53.8 Å². The Balaban J connectivity index is 1.45. The molecule has 1 N–H and O–H groups in total. The summed E-state index contributed by atoms with van der Waals surface area (Å²) in [5.74, 6) is 0. The van der Waals surface area contributed by atoms with Gasteiger partial charge in [-0.2, -0.15) is 0 Å². The Morgan fingerprint density at radius 3 is 2.79 bits per heavy atom. The van der Waals surface area contributed by atoms with Crippen LogP contribution in [-0.2, 0) is 4.74 Å². The van der Waals surface area contributed by atoms with Crippen LogP contribution in [0.25, 0.3) is 10.2 Å². The van der Waals surface area contributed by atoms with Gasteiger partial charge in [0.2, 0.25) is 0 Å². The Labute approximate surface area is 143 Å². The number of urea groups is 1. The van der Waals surface area contributed by atoms with Crippen LogP contribution in [0.2, 0.25) is 0 Å². The fourth-order valence-corrected chi connectivity index (χ4v) is 3.65. The van der Waals surface area contributed by atoms with E-state index in [4.69, 9.17) is 4.74 Å². The lowest BCUT2D eigenvalue weighted by atomic mass is 10.1. The Kier molecular flexibility index (Phi) is 4.15. The number of benzene rings is 2. The van der Waals surface area contributed by atoms with Crippen LogP contribution in [0.4, 0.5) is 9.93 Å². The number of hydrogen-bond donors (Lipinski definition) is 1. The molecule has 0 unspecified atom stereocenters. The zero-order chi connectivity index (χ0) is 16.4. The van der Waals surface area contributed by atoms with E-state index in [9.17, 15) is 4.79 Å². The second kappa shape index (κ2) is 6.59. The largest absolute Gasteiger partial charge is 0.370 e. The lowest BCUT2D eigenvalue weighted by molar-refractivity contribution is -0.0135. The van der Waals surface area contributed by atoms with Crippen LogP contribution in [0.5, 0.6) is 0 Å². The van der Waals surface area contributed by atoms with Gasteiger partial charge in [0, 0.05) is 6.54 Å². The molecule has 2 amide bonds. The van der Waals surface area contributed by atoms with Gasteiger partial charge < -0.3 is 9.64 Å². The number of anilines is 1. The summed E-state index contributed by atoms with van der Waals surface area (Å²) in [5.41, 5.74) is 2.00. The van der Waals surface area contributed by atoms with Crippen molar-refractivity contribution < 1.29 is 9.53 Å². The molecule has 1 aliphatic heterocycles. The average Bonchev–Trinajstić information content (AvgIpc) is 3.05. The van der Waals surface area contributed by atoms with Crippen LogP contribution >= 0.6 is 11.3 Å². The van der Waals surface area contributed by atoms with Gasteiger partial charge in [0.1, 0.15) is 6.10 Å². The van der Waals surface area contributed by atoms with Gasteiger partial charge in [-0.3, -0.25) is 5.32 Å². The normalized spacial score (nSPS) is 17.8. The van der Waals surface area contributed by atoms with Crippen LogP contribution in [0.1, 0.15) is 11.7 Å². The minimum Gasteiger partial charge on any atom is -0.370 e. The number of hydrogen-bond acceptors (Lipinski definition) is 4. The fourth-order valence-electron chi connectivity index (χ4n) is 2.80. The van der Waals surface area contributed by atoms with Crippen LogP contribution in [0.3, 0.4) is 0 Å². The van der Waals surface area contributed by atoms with E-state index < -0.39 is 0 Å². The van der Waals surface area contributed by atoms with Crippen molar-refractivity contribution in [3.63, 3.8) is 0 Å². The van der Waals surface area contributed by atoms with E-state index in [1.165, 1.54) is 11.3 Å². The quantitative estimate of drug-likeness (QED) is 0.770. The van der Waals surface area contributed by atoms with E-state index in [0.717, 1.165) is 15.8 Å². The first-order valence-corrected chi connectivity index (χ1v) is 8.69. The van der Waals surface area contributed by atoms with Gasteiger partial charge in [0.05, 0.1) is 23.4 Å². The molecule has 1 atom stereocenters. The zero-order valence-corrected chi connectivity index (χ0v) is 13.8. The number of nitrogens with zero attached hydrogens (tertiary/aromatic N) is 2. The van der Waals surface area contributed by atoms with Crippen molar-refractivity contribution in [1.29, 1.82) is 0 Å². The molecule has 1 aliphatic rings. The highest BCUT2D eigenvalue weighted by Crippen LogP contribution is 2.26. The number of fused-ring (bicyclic) bond motifs is 1. The predicted octanol–water partition coefficient (Wildman–Crippen LogP) is 3.90. The third-order valence-electron chi connectivity index (χ3n) is 4.03. The number of para-hydroxylation sites is 1. The molecular formula is C18H17N3O2S. The van der Waals surface area contributed by atoms with Crippen molar-refractivity contribution in [2.24, 2.45) is 0 Å². The van der Waals surface area contributed by atoms with Crippen LogP contribution in [0.15, 0.2) is 54.6 Å². The van der Waals surface area contributed by atoms with Crippen molar-refractivity contribution in [3.8, 4) is 0 Å². The topological polar surface area (TPSA) is 54.5 Å². The van der Waals surface area contributed by atoms with Crippen molar-refractivity contribution in [3.05, 3.63) is 60.2 Å². The minimum atomic E-state index is -0.127. The summed E-state index contributed by atoms with van der Waals surface area (Å²) in [7, 11) is 0. The number of morpholine rings is 1. The summed E-state index contributed by atoms with van der Waals surface area (Å²) in [6.45, 7) is 1.66. The molecule has 122 valence electrons. The number of carbonyl (C=O) groups is 1. The first-order valence-electron chi connectivity index (χ1n) is 7.87. The summed E-state index contributed by atoms with van der Waals surface area (Å²) in [6, 6.07) is 17.7. The van der Waals surface area contributed by atoms with E-state index >= 15 is 0 Å². The molecule has 0 aliphatic carbocycles. The van der Waals surface area contributed by atoms with E-state index in [2.05, 4.69) is 10.3 Å². The monoisotopic (exact) mass is 339 g/mol. The van der Waals surface area contributed by atoms with Crippen LogP contribution in [-0.4, -0.2) is 35.6 Å². The van der Waals surface area contributed by atoms with E-state index in [-0.39, 0.29) is 12.1 Å². The molecule has 3 aromatic rings. The second-order valence-corrected chi connectivity index (χ2v) is 6.66. The number of thiazole rings is 1. The molecule has 0 bridgehead atoms. The zero-order valence-electron chi connectivity index (χ0n) is 13.0. The molecule has 2 heterocycles. The van der Waals surface area contributed by atoms with Crippen LogP contribution < -0.4 is 5.32 Å². The molecule has 5 nitrogen and oxygen atoms in total. The summed E-state index contributed by atoms with van der Waals surface area (Å²) < 4.78 is 6.87. The molecule has 2 aromatic carbocycles. The van der Waals surface area contributed by atoms with Gasteiger partial charge in [0.25, 0.3) is 0 Å². The Morgan fingerprint density at radius 1 is 1.17 bits per heavy atom. The number of amides is 2. The smallest absolute Gasteiger partial charge is 0.323 e. The maximum absolute atomic E-state index is 12.5. The molecule has 0 saturated carbocycles. The summed E-state index contributed by atoms with van der Waals surface area (Å²) in [6.07, 6.45) is -0.0823. The number of rotatable bonds is 2. The predicted molar refractivity (Wildman–Crippen MR) is 95.3 cm³/mol. The molecule has 0 spiro atoms. The molecule has 4 rings (SSSR count). The molecule has 6 heteroatoms. The third-order valence-corrected chi connectivity index (χ3v) is 4.98. The van der Waals surface area contributed by atoms with Crippen molar-refractivity contribution >= 4 is 32.7 Å². The Morgan fingerprint density at radius 2 is 1.96 bits per heavy atom. The summed E-state index contributed by atoms with van der Waals surface area (Å²) in [4.78, 5) is 18.8. The Hall–Kier alpha value is -2.44. The van der Waals surface area contributed by atoms with Gasteiger partial charge in [-0.05, 0) is 17.7 Å². The fraction of sp³-hybridized carbons (Fsp3) is 0.222. The highest BCUT2D eigenvalue weighted by atomic mass is 32.1. The Bertz CT molecular complexity index is 817. The van der Waals surface area contributed by atoms with Gasteiger partial charge in [0.15, 0.2) is 5.13 Å². The van der Waals surface area contributed by atoms with Crippen molar-refractivity contribution in [1.82, 2.24) is 9.88 Å². The van der Waals surface area contributed by atoms with E-state index in [1.807, 2.05) is 54.6 Å². The first-order chi connectivity index (χ1) is 11.8. The highest BCUT2D eigenvalue weighted by Gasteiger charge is 2.25. The average molecular weight is 339 g/mol. The molecule has 24 heavy (non-hydrogen) atoms. The van der Waals surface area contributed by atoms with Crippen molar-refractivity contribution in [2.75, 3.05) is 25.0 Å². The maximum Gasteiger partial charge on any atom is 0.323 e. The minimum absolute atomic E-state index is 0.0823. The molecule has 0 radical (unpaired) electrons. The SMILES string of the molecule is O=C(Nc1nc2ccccc2s1)N1CCO[C@H](c2ccccc2)C1. The molecule has 1 aromatic heterocycles. The third kappa shape index (κ3) is 3.11. The highest BCUT2D eigenvalue weighted by molar-refractivity contribution is 7.22. The molecule has 1 fully saturated rings. The number of carbonyl (C=O) groups excluding carboxylic acids is 1. The summed E-state index contributed by atoms with van der Waals surface area (Å²) in [5, 5.41) is 3.54.